The van der Waals surface area contributed by atoms with Crippen LogP contribution in [-0.2, 0) is 9.47 Å². The molecule has 0 fully saturated rings. The van der Waals surface area contributed by atoms with Crippen LogP contribution in [0.15, 0.2) is 18.3 Å². The summed E-state index contributed by atoms with van der Waals surface area (Å²) in [6.07, 6.45) is 3.17. The molecule has 1 rings (SSSR count). The van der Waals surface area contributed by atoms with Crippen molar-refractivity contribution in [3.8, 4) is 5.88 Å². The standard InChI is InChI=1S/C12H17NO4/c1-15-6-3-7-16-8-9-17-12-11(10-14)4-2-5-13-12/h2,4-5,10H,3,6-9H2,1H3. The Morgan fingerprint density at radius 1 is 1.29 bits per heavy atom. The number of aldehydes is 1. The van der Waals surface area contributed by atoms with Crippen molar-refractivity contribution in [3.63, 3.8) is 0 Å². The number of pyridine rings is 1. The molecular formula is C12H17NO4. The molecule has 0 N–H and O–H groups in total. The highest BCUT2D eigenvalue weighted by molar-refractivity contribution is 5.77. The topological polar surface area (TPSA) is 57.6 Å². The molecule has 0 aromatic carbocycles. The minimum Gasteiger partial charge on any atom is -0.475 e. The molecule has 0 unspecified atom stereocenters. The highest BCUT2D eigenvalue weighted by atomic mass is 16.5. The van der Waals surface area contributed by atoms with Crippen molar-refractivity contribution in [1.82, 2.24) is 4.98 Å². The summed E-state index contributed by atoms with van der Waals surface area (Å²) in [7, 11) is 1.66. The van der Waals surface area contributed by atoms with E-state index in [0.717, 1.165) is 12.7 Å². The summed E-state index contributed by atoms with van der Waals surface area (Å²) < 4.78 is 15.5. The van der Waals surface area contributed by atoms with Crippen LogP contribution in [0.1, 0.15) is 16.8 Å². The normalized spacial score (nSPS) is 10.2. The van der Waals surface area contributed by atoms with Crippen LogP contribution in [-0.4, -0.2) is 44.8 Å². The summed E-state index contributed by atoms with van der Waals surface area (Å²) in [5, 5.41) is 0. The van der Waals surface area contributed by atoms with Crippen molar-refractivity contribution < 1.29 is 19.0 Å². The van der Waals surface area contributed by atoms with E-state index in [1.165, 1.54) is 0 Å². The van der Waals surface area contributed by atoms with Gasteiger partial charge in [0, 0.05) is 26.5 Å². The molecule has 0 saturated carbocycles. The third kappa shape index (κ3) is 5.42. The third-order valence-corrected chi connectivity index (χ3v) is 2.03. The Hall–Kier alpha value is -1.46. The highest BCUT2D eigenvalue weighted by Crippen LogP contribution is 2.10. The third-order valence-electron chi connectivity index (χ3n) is 2.03. The fourth-order valence-corrected chi connectivity index (χ4v) is 1.22. The number of ether oxygens (including phenoxy) is 3. The Morgan fingerprint density at radius 2 is 2.18 bits per heavy atom. The van der Waals surface area contributed by atoms with Gasteiger partial charge in [-0.2, -0.15) is 0 Å². The summed E-state index contributed by atoms with van der Waals surface area (Å²) in [6, 6.07) is 3.35. The van der Waals surface area contributed by atoms with Gasteiger partial charge in [-0.15, -0.1) is 0 Å². The number of nitrogens with zero attached hydrogens (tertiary/aromatic N) is 1. The smallest absolute Gasteiger partial charge is 0.224 e. The summed E-state index contributed by atoms with van der Waals surface area (Å²) >= 11 is 0. The number of aromatic nitrogens is 1. The molecule has 1 heterocycles. The lowest BCUT2D eigenvalue weighted by Crippen LogP contribution is -2.10. The Labute approximate surface area is 101 Å². The van der Waals surface area contributed by atoms with E-state index in [-0.39, 0.29) is 0 Å². The van der Waals surface area contributed by atoms with E-state index in [9.17, 15) is 4.79 Å². The second kappa shape index (κ2) is 8.66. The predicted molar refractivity (Wildman–Crippen MR) is 62.4 cm³/mol. The number of hydrogen-bond acceptors (Lipinski definition) is 5. The number of hydrogen-bond donors (Lipinski definition) is 0. The first-order valence-corrected chi connectivity index (χ1v) is 5.48. The van der Waals surface area contributed by atoms with Crippen molar-refractivity contribution in [1.29, 1.82) is 0 Å². The molecule has 1 aromatic heterocycles. The molecule has 94 valence electrons. The molecule has 0 aliphatic carbocycles. The van der Waals surface area contributed by atoms with Gasteiger partial charge >= 0.3 is 0 Å². The van der Waals surface area contributed by atoms with Crippen LogP contribution in [0.3, 0.4) is 0 Å². The van der Waals surface area contributed by atoms with E-state index in [4.69, 9.17) is 14.2 Å². The largest absolute Gasteiger partial charge is 0.475 e. The van der Waals surface area contributed by atoms with Gasteiger partial charge in [0.2, 0.25) is 5.88 Å². The van der Waals surface area contributed by atoms with Gasteiger partial charge in [-0.25, -0.2) is 4.98 Å². The van der Waals surface area contributed by atoms with Crippen LogP contribution in [0.4, 0.5) is 0 Å². The number of carbonyl (C=O) groups is 1. The Morgan fingerprint density at radius 3 is 2.94 bits per heavy atom. The summed E-state index contributed by atoms with van der Waals surface area (Å²) in [5.74, 6) is 0.350. The van der Waals surface area contributed by atoms with Crippen LogP contribution in [0.2, 0.25) is 0 Å². The number of methoxy groups -OCH3 is 1. The molecule has 0 bridgehead atoms. The van der Waals surface area contributed by atoms with Gasteiger partial charge in [0.25, 0.3) is 0 Å². The second-order valence-electron chi connectivity index (χ2n) is 3.32. The van der Waals surface area contributed by atoms with E-state index in [1.54, 1.807) is 25.4 Å². The van der Waals surface area contributed by atoms with E-state index in [2.05, 4.69) is 4.98 Å². The van der Waals surface area contributed by atoms with Crippen LogP contribution in [0, 0.1) is 0 Å². The molecule has 0 atom stereocenters. The maximum Gasteiger partial charge on any atom is 0.224 e. The Balaban J connectivity index is 2.15. The van der Waals surface area contributed by atoms with Gasteiger partial charge in [-0.05, 0) is 18.6 Å². The highest BCUT2D eigenvalue weighted by Gasteiger charge is 2.02. The van der Waals surface area contributed by atoms with Crippen molar-refractivity contribution in [2.45, 2.75) is 6.42 Å². The fourth-order valence-electron chi connectivity index (χ4n) is 1.22. The molecule has 17 heavy (non-hydrogen) atoms. The molecular weight excluding hydrogens is 222 g/mol. The molecule has 5 heteroatoms. The van der Waals surface area contributed by atoms with Crippen molar-refractivity contribution in [2.75, 3.05) is 33.5 Å². The molecule has 0 saturated heterocycles. The minimum atomic E-state index is 0.350. The van der Waals surface area contributed by atoms with Gasteiger partial charge in [0.15, 0.2) is 6.29 Å². The lowest BCUT2D eigenvalue weighted by molar-refractivity contribution is 0.0791. The van der Waals surface area contributed by atoms with E-state index in [1.807, 2.05) is 0 Å². The van der Waals surface area contributed by atoms with Gasteiger partial charge < -0.3 is 14.2 Å². The van der Waals surface area contributed by atoms with Crippen LogP contribution >= 0.6 is 0 Å². The van der Waals surface area contributed by atoms with Crippen molar-refractivity contribution in [2.24, 2.45) is 0 Å². The number of rotatable bonds is 9. The molecule has 5 nitrogen and oxygen atoms in total. The van der Waals surface area contributed by atoms with Crippen LogP contribution in [0.5, 0.6) is 5.88 Å². The molecule has 0 aliphatic heterocycles. The van der Waals surface area contributed by atoms with Crippen molar-refractivity contribution in [3.05, 3.63) is 23.9 Å². The van der Waals surface area contributed by atoms with Gasteiger partial charge in [-0.1, -0.05) is 0 Å². The lowest BCUT2D eigenvalue weighted by Gasteiger charge is -2.07. The predicted octanol–water partition coefficient (Wildman–Crippen LogP) is 1.33. The van der Waals surface area contributed by atoms with E-state index in [0.29, 0.717) is 37.9 Å². The fraction of sp³-hybridized carbons (Fsp3) is 0.500. The monoisotopic (exact) mass is 239 g/mol. The van der Waals surface area contributed by atoms with E-state index >= 15 is 0 Å². The van der Waals surface area contributed by atoms with Gasteiger partial charge in [-0.3, -0.25) is 4.79 Å². The minimum absolute atomic E-state index is 0.350. The Bertz CT molecular complexity index is 330. The molecule has 0 amide bonds. The first-order chi connectivity index (χ1) is 8.38. The SMILES string of the molecule is COCCCOCCOc1ncccc1C=O. The zero-order valence-electron chi connectivity index (χ0n) is 9.93. The quantitative estimate of drug-likeness (QED) is 0.480. The maximum absolute atomic E-state index is 10.7. The summed E-state index contributed by atoms with van der Waals surface area (Å²) in [4.78, 5) is 14.6. The zero-order chi connectivity index (χ0) is 12.3. The average Bonchev–Trinajstić information content (AvgIpc) is 2.38. The molecule has 1 aromatic rings. The van der Waals surface area contributed by atoms with Gasteiger partial charge in [0.1, 0.15) is 6.61 Å². The summed E-state index contributed by atoms with van der Waals surface area (Å²) in [6.45, 7) is 2.18. The first kappa shape index (κ1) is 13.6. The lowest BCUT2D eigenvalue weighted by atomic mass is 10.3. The van der Waals surface area contributed by atoms with Gasteiger partial charge in [0.05, 0.1) is 12.2 Å². The number of carbonyl (C=O) groups excluding carboxylic acids is 1. The summed E-state index contributed by atoms with van der Waals surface area (Å²) in [5.41, 5.74) is 0.451. The maximum atomic E-state index is 10.7. The zero-order valence-corrected chi connectivity index (χ0v) is 9.93. The first-order valence-electron chi connectivity index (χ1n) is 5.48. The molecule has 0 radical (unpaired) electrons. The van der Waals surface area contributed by atoms with Crippen LogP contribution < -0.4 is 4.74 Å². The van der Waals surface area contributed by atoms with Crippen molar-refractivity contribution >= 4 is 6.29 Å². The molecule has 0 aliphatic rings. The van der Waals surface area contributed by atoms with E-state index < -0.39 is 0 Å². The van der Waals surface area contributed by atoms with Crippen LogP contribution in [0.25, 0.3) is 0 Å². The molecule has 0 spiro atoms. The Kier molecular flexibility index (Phi) is 6.93. The second-order valence-corrected chi connectivity index (χ2v) is 3.32. The average molecular weight is 239 g/mol.